The van der Waals surface area contributed by atoms with E-state index in [9.17, 15) is 9.59 Å². The van der Waals surface area contributed by atoms with Crippen LogP contribution >= 0.6 is 0 Å². The maximum atomic E-state index is 11.6. The Bertz CT molecular complexity index is 281. The van der Waals surface area contributed by atoms with E-state index in [0.29, 0.717) is 6.54 Å². The summed E-state index contributed by atoms with van der Waals surface area (Å²) in [5.74, 6) is -0.243. The fourth-order valence-corrected chi connectivity index (χ4v) is 2.19. The Balaban J connectivity index is 2.26. The van der Waals surface area contributed by atoms with E-state index < -0.39 is 6.04 Å². The third kappa shape index (κ3) is 4.29. The summed E-state index contributed by atoms with van der Waals surface area (Å²) in [6.45, 7) is 3.10. The molecule has 0 bridgehead atoms. The van der Waals surface area contributed by atoms with E-state index in [-0.39, 0.29) is 18.5 Å². The Labute approximate surface area is 109 Å². The summed E-state index contributed by atoms with van der Waals surface area (Å²) in [6.07, 6.45) is 7.02. The highest BCUT2D eigenvalue weighted by atomic mass is 16.5. The van der Waals surface area contributed by atoms with Crippen molar-refractivity contribution in [3.05, 3.63) is 0 Å². The minimum absolute atomic E-state index is 0.243. The topological polar surface area (TPSA) is 58.6 Å². The van der Waals surface area contributed by atoms with Gasteiger partial charge in [0.1, 0.15) is 6.04 Å². The number of unbranched alkanes of at least 4 members (excludes halogenated alkanes) is 5. The number of hydrogen-bond donors (Lipinski definition) is 1. The van der Waals surface area contributed by atoms with Gasteiger partial charge in [-0.05, 0) is 6.42 Å². The molecule has 5 heteroatoms. The fraction of sp³-hybridized carbons (Fsp3) is 0.846. The molecule has 1 atom stereocenters. The van der Waals surface area contributed by atoms with Crippen LogP contribution in [0.2, 0.25) is 0 Å². The highest BCUT2D eigenvalue weighted by Gasteiger charge is 2.37. The van der Waals surface area contributed by atoms with Gasteiger partial charge in [0.05, 0.1) is 6.61 Å². The lowest BCUT2D eigenvalue weighted by Crippen LogP contribution is -2.39. The number of methoxy groups -OCH3 is 1. The lowest BCUT2D eigenvalue weighted by atomic mass is 10.1. The summed E-state index contributed by atoms with van der Waals surface area (Å²) < 4.78 is 4.98. The maximum Gasteiger partial charge on any atom is 0.324 e. The summed E-state index contributed by atoms with van der Waals surface area (Å²) in [7, 11) is 1.54. The molecule has 3 amide bonds. The number of hydrogen-bond acceptors (Lipinski definition) is 3. The monoisotopic (exact) mass is 256 g/mol. The summed E-state index contributed by atoms with van der Waals surface area (Å²) in [4.78, 5) is 24.7. The average Bonchev–Trinajstić information content (AvgIpc) is 2.60. The average molecular weight is 256 g/mol. The lowest BCUT2D eigenvalue weighted by molar-refractivity contribution is -0.122. The third-order valence-electron chi connectivity index (χ3n) is 3.25. The molecule has 1 saturated heterocycles. The Morgan fingerprint density at radius 2 is 1.83 bits per heavy atom. The number of ether oxygens (including phenoxy) is 1. The van der Waals surface area contributed by atoms with Crippen molar-refractivity contribution >= 4 is 11.9 Å². The molecular weight excluding hydrogens is 232 g/mol. The molecule has 104 valence electrons. The molecule has 0 radical (unpaired) electrons. The SMILES string of the molecule is CCCCCCCCN1C(=O)NC(=O)C1COC. The zero-order valence-corrected chi connectivity index (χ0v) is 11.4. The first-order valence-electron chi connectivity index (χ1n) is 6.81. The van der Waals surface area contributed by atoms with Crippen molar-refractivity contribution in [2.45, 2.75) is 51.5 Å². The zero-order valence-electron chi connectivity index (χ0n) is 11.4. The summed E-state index contributed by atoms with van der Waals surface area (Å²) in [6, 6.07) is -0.728. The molecule has 5 nitrogen and oxygen atoms in total. The second-order valence-electron chi connectivity index (χ2n) is 4.73. The third-order valence-corrected chi connectivity index (χ3v) is 3.25. The first kappa shape index (κ1) is 15.0. The molecule has 1 heterocycles. The predicted octanol–water partition coefficient (Wildman–Crippen LogP) is 1.91. The van der Waals surface area contributed by atoms with Gasteiger partial charge >= 0.3 is 6.03 Å². The quantitative estimate of drug-likeness (QED) is 0.506. The maximum absolute atomic E-state index is 11.6. The molecule has 1 rings (SSSR count). The van der Waals surface area contributed by atoms with E-state index in [1.807, 2.05) is 0 Å². The van der Waals surface area contributed by atoms with E-state index in [2.05, 4.69) is 12.2 Å². The van der Waals surface area contributed by atoms with E-state index in [4.69, 9.17) is 4.74 Å². The molecule has 0 aliphatic carbocycles. The molecule has 1 aliphatic heterocycles. The van der Waals surface area contributed by atoms with Crippen LogP contribution in [0.5, 0.6) is 0 Å². The van der Waals surface area contributed by atoms with Gasteiger partial charge in [-0.1, -0.05) is 39.0 Å². The Hall–Kier alpha value is -1.10. The molecule has 1 unspecified atom stereocenters. The van der Waals surface area contributed by atoms with Crippen molar-refractivity contribution in [3.63, 3.8) is 0 Å². The van der Waals surface area contributed by atoms with Crippen LogP contribution in [0.3, 0.4) is 0 Å². The van der Waals surface area contributed by atoms with Crippen molar-refractivity contribution in [3.8, 4) is 0 Å². The van der Waals surface area contributed by atoms with Crippen LogP contribution in [0.25, 0.3) is 0 Å². The molecule has 0 spiro atoms. The highest BCUT2D eigenvalue weighted by molar-refractivity contribution is 6.04. The molecule has 0 aromatic carbocycles. The number of rotatable bonds is 9. The summed E-state index contributed by atoms with van der Waals surface area (Å²) in [5, 5.41) is 2.33. The molecule has 18 heavy (non-hydrogen) atoms. The van der Waals surface area contributed by atoms with Crippen molar-refractivity contribution in [1.29, 1.82) is 0 Å². The standard InChI is InChI=1S/C13H24N2O3/c1-3-4-5-6-7-8-9-15-11(10-18-2)12(16)14-13(15)17/h11H,3-10H2,1-2H3,(H,14,16,17). The number of nitrogens with one attached hydrogen (secondary N) is 1. The molecule has 1 N–H and O–H groups in total. The van der Waals surface area contributed by atoms with E-state index in [1.54, 1.807) is 12.0 Å². The molecule has 1 fully saturated rings. The van der Waals surface area contributed by atoms with Crippen molar-refractivity contribution < 1.29 is 14.3 Å². The predicted molar refractivity (Wildman–Crippen MR) is 69.3 cm³/mol. The zero-order chi connectivity index (χ0) is 13.4. The number of nitrogens with zero attached hydrogens (tertiary/aromatic N) is 1. The van der Waals surface area contributed by atoms with Crippen LogP contribution in [-0.4, -0.2) is 43.1 Å². The van der Waals surface area contributed by atoms with Gasteiger partial charge in [-0.2, -0.15) is 0 Å². The number of carbonyl (C=O) groups is 2. The van der Waals surface area contributed by atoms with Gasteiger partial charge in [0.2, 0.25) is 0 Å². The first-order valence-corrected chi connectivity index (χ1v) is 6.81. The number of urea groups is 1. The normalized spacial score (nSPS) is 19.4. The van der Waals surface area contributed by atoms with E-state index >= 15 is 0 Å². The summed E-state index contributed by atoms with van der Waals surface area (Å²) in [5.41, 5.74) is 0. The van der Waals surface area contributed by atoms with Crippen LogP contribution in [0.4, 0.5) is 4.79 Å². The summed E-state index contributed by atoms with van der Waals surface area (Å²) >= 11 is 0. The van der Waals surface area contributed by atoms with E-state index in [0.717, 1.165) is 12.8 Å². The van der Waals surface area contributed by atoms with Gasteiger partial charge in [-0.25, -0.2) is 4.79 Å². The first-order chi connectivity index (χ1) is 8.70. The van der Waals surface area contributed by atoms with Crippen molar-refractivity contribution in [1.82, 2.24) is 10.2 Å². The van der Waals surface area contributed by atoms with Gasteiger partial charge < -0.3 is 9.64 Å². The second kappa shape index (κ2) is 8.08. The van der Waals surface area contributed by atoms with Crippen molar-refractivity contribution in [2.75, 3.05) is 20.3 Å². The largest absolute Gasteiger partial charge is 0.382 e. The van der Waals surface area contributed by atoms with Gasteiger partial charge in [0.25, 0.3) is 5.91 Å². The molecule has 1 aliphatic rings. The van der Waals surface area contributed by atoms with Gasteiger partial charge in [0, 0.05) is 13.7 Å². The highest BCUT2D eigenvalue weighted by Crippen LogP contribution is 2.12. The molecular formula is C13H24N2O3. The van der Waals surface area contributed by atoms with Gasteiger partial charge in [-0.15, -0.1) is 0 Å². The number of imide groups is 1. The second-order valence-corrected chi connectivity index (χ2v) is 4.73. The molecule has 0 saturated carbocycles. The fourth-order valence-electron chi connectivity index (χ4n) is 2.19. The minimum atomic E-state index is -0.446. The van der Waals surface area contributed by atoms with E-state index in [1.165, 1.54) is 25.7 Å². The number of carbonyl (C=O) groups excluding carboxylic acids is 2. The minimum Gasteiger partial charge on any atom is -0.382 e. The van der Waals surface area contributed by atoms with Gasteiger partial charge in [0.15, 0.2) is 0 Å². The Kier molecular flexibility index (Phi) is 6.72. The Morgan fingerprint density at radius 1 is 1.17 bits per heavy atom. The Morgan fingerprint density at radius 3 is 2.50 bits per heavy atom. The molecule has 0 aromatic rings. The van der Waals surface area contributed by atoms with Crippen LogP contribution in [0.1, 0.15) is 45.4 Å². The van der Waals surface area contributed by atoms with Crippen LogP contribution in [-0.2, 0) is 9.53 Å². The molecule has 0 aromatic heterocycles. The smallest absolute Gasteiger partial charge is 0.324 e. The number of amides is 3. The van der Waals surface area contributed by atoms with Crippen LogP contribution < -0.4 is 5.32 Å². The van der Waals surface area contributed by atoms with Crippen LogP contribution in [0.15, 0.2) is 0 Å². The van der Waals surface area contributed by atoms with Crippen molar-refractivity contribution in [2.24, 2.45) is 0 Å². The van der Waals surface area contributed by atoms with Crippen LogP contribution in [0, 0.1) is 0 Å². The lowest BCUT2D eigenvalue weighted by Gasteiger charge is -2.20. The van der Waals surface area contributed by atoms with Gasteiger partial charge in [-0.3, -0.25) is 10.1 Å².